The van der Waals surface area contributed by atoms with Crippen LogP contribution < -0.4 is 5.73 Å². The van der Waals surface area contributed by atoms with E-state index in [1.54, 1.807) is 0 Å². The number of amidine groups is 1. The molecule has 0 unspecified atom stereocenters. The van der Waals surface area contributed by atoms with Crippen LogP contribution in [-0.2, 0) is 0 Å². The van der Waals surface area contributed by atoms with E-state index < -0.39 is 11.6 Å². The van der Waals surface area contributed by atoms with Gasteiger partial charge in [0.15, 0.2) is 0 Å². The maximum Gasteiger partial charge on any atom is 0.141 e. The number of hydrogen-bond acceptors (Lipinski definition) is 1. The molecule has 2 nitrogen and oxygen atoms in total. The highest BCUT2D eigenvalue weighted by atomic mass is 79.9. The van der Waals surface area contributed by atoms with Gasteiger partial charge >= 0.3 is 0 Å². The molecule has 0 spiro atoms. The summed E-state index contributed by atoms with van der Waals surface area (Å²) in [5.41, 5.74) is 5.07. The van der Waals surface area contributed by atoms with Crippen molar-refractivity contribution < 1.29 is 8.78 Å². The molecule has 0 aliphatic carbocycles. The van der Waals surface area contributed by atoms with E-state index in [-0.39, 0.29) is 28.3 Å². The zero-order chi connectivity index (χ0) is 9.30. The van der Waals surface area contributed by atoms with Gasteiger partial charge in [-0.25, -0.2) is 8.78 Å². The summed E-state index contributed by atoms with van der Waals surface area (Å²) in [5, 5.41) is 6.93. The average Bonchev–Trinajstić information content (AvgIpc) is 1.99. The predicted octanol–water partition coefficient (Wildman–Crippen LogP) is 2.43. The second-order valence-electron chi connectivity index (χ2n) is 2.17. The summed E-state index contributed by atoms with van der Waals surface area (Å²) >= 11 is 2.70. The quantitative estimate of drug-likeness (QED) is 0.460. The molecule has 1 aromatic carbocycles. The third-order valence-electron chi connectivity index (χ3n) is 1.29. The van der Waals surface area contributed by atoms with Crippen LogP contribution in [0.4, 0.5) is 8.78 Å². The summed E-state index contributed by atoms with van der Waals surface area (Å²) in [4.78, 5) is 0. The van der Waals surface area contributed by atoms with Crippen molar-refractivity contribution in [1.29, 1.82) is 5.41 Å². The van der Waals surface area contributed by atoms with Gasteiger partial charge in [0.1, 0.15) is 17.5 Å². The molecule has 0 atom stereocenters. The summed E-state index contributed by atoms with van der Waals surface area (Å²) in [6.45, 7) is 0. The fraction of sp³-hybridized carbons (Fsp3) is 0. The van der Waals surface area contributed by atoms with E-state index in [1.165, 1.54) is 0 Å². The molecule has 0 amide bonds. The van der Waals surface area contributed by atoms with Gasteiger partial charge in [-0.05, 0) is 28.1 Å². The number of nitrogens with two attached hydrogens (primary N) is 1. The Hall–Kier alpha value is -0.680. The van der Waals surface area contributed by atoms with Gasteiger partial charge in [-0.1, -0.05) is 0 Å². The van der Waals surface area contributed by atoms with E-state index in [9.17, 15) is 8.78 Å². The zero-order valence-corrected chi connectivity index (χ0v) is 8.68. The molecule has 0 aliphatic heterocycles. The molecule has 0 saturated carbocycles. The SMILES string of the molecule is Cl.N=C(N)c1cc(F)c(Br)c(F)c1. The maximum absolute atomic E-state index is 12.8. The van der Waals surface area contributed by atoms with Gasteiger partial charge in [-0.15, -0.1) is 12.4 Å². The molecule has 0 saturated heterocycles. The first kappa shape index (κ1) is 12.3. The van der Waals surface area contributed by atoms with Gasteiger partial charge in [-0.2, -0.15) is 0 Å². The third kappa shape index (κ3) is 2.63. The van der Waals surface area contributed by atoms with Crippen molar-refractivity contribution >= 4 is 34.2 Å². The highest BCUT2D eigenvalue weighted by Crippen LogP contribution is 2.20. The van der Waals surface area contributed by atoms with Crippen molar-refractivity contribution in [3.05, 3.63) is 33.8 Å². The van der Waals surface area contributed by atoms with Crippen LogP contribution in [0.2, 0.25) is 0 Å². The van der Waals surface area contributed by atoms with Crippen LogP contribution in [0.3, 0.4) is 0 Å². The molecule has 6 heteroatoms. The molecule has 0 bridgehead atoms. The van der Waals surface area contributed by atoms with E-state index in [4.69, 9.17) is 11.1 Å². The van der Waals surface area contributed by atoms with Gasteiger partial charge in [0, 0.05) is 5.56 Å². The fourth-order valence-electron chi connectivity index (χ4n) is 0.711. The minimum atomic E-state index is -0.764. The molecule has 1 rings (SSSR count). The molecule has 0 heterocycles. The number of nitrogens with one attached hydrogen (secondary N) is 1. The Kier molecular flexibility index (Phi) is 4.29. The van der Waals surface area contributed by atoms with Crippen LogP contribution >= 0.6 is 28.3 Å². The van der Waals surface area contributed by atoms with Crippen molar-refractivity contribution in [2.45, 2.75) is 0 Å². The van der Waals surface area contributed by atoms with E-state index in [2.05, 4.69) is 15.9 Å². The molecule has 0 fully saturated rings. The van der Waals surface area contributed by atoms with E-state index in [1.807, 2.05) is 0 Å². The lowest BCUT2D eigenvalue weighted by molar-refractivity contribution is 0.571. The second-order valence-corrected chi connectivity index (χ2v) is 2.96. The van der Waals surface area contributed by atoms with E-state index in [0.29, 0.717) is 0 Å². The standard InChI is InChI=1S/C7H5BrF2N2.ClH/c8-6-4(9)1-3(7(11)12)2-5(6)10;/h1-2H,(H3,11,12);1H. The Morgan fingerprint density at radius 3 is 2.00 bits per heavy atom. The summed E-state index contributed by atoms with van der Waals surface area (Å²) in [6, 6.07) is 1.99. The molecular formula is C7H6BrClF2N2. The molecule has 0 radical (unpaired) electrons. The van der Waals surface area contributed by atoms with Gasteiger partial charge in [-0.3, -0.25) is 5.41 Å². The number of rotatable bonds is 1. The van der Waals surface area contributed by atoms with E-state index >= 15 is 0 Å². The zero-order valence-electron chi connectivity index (χ0n) is 6.27. The van der Waals surface area contributed by atoms with Crippen LogP contribution in [0, 0.1) is 17.0 Å². The van der Waals surface area contributed by atoms with Crippen LogP contribution in [0.5, 0.6) is 0 Å². The summed E-state index contributed by atoms with van der Waals surface area (Å²) in [6.07, 6.45) is 0. The summed E-state index contributed by atoms with van der Waals surface area (Å²) < 4.78 is 25.3. The van der Waals surface area contributed by atoms with Crippen molar-refractivity contribution in [3.63, 3.8) is 0 Å². The first-order valence-corrected chi connectivity index (χ1v) is 3.80. The van der Waals surface area contributed by atoms with Crippen molar-refractivity contribution in [1.82, 2.24) is 0 Å². The lowest BCUT2D eigenvalue weighted by Crippen LogP contribution is -2.11. The smallest absolute Gasteiger partial charge is 0.141 e. The largest absolute Gasteiger partial charge is 0.384 e. The lowest BCUT2D eigenvalue weighted by atomic mass is 10.2. The van der Waals surface area contributed by atoms with Gasteiger partial charge < -0.3 is 5.73 Å². The van der Waals surface area contributed by atoms with Crippen molar-refractivity contribution in [2.75, 3.05) is 0 Å². The normalized spacial score (nSPS) is 9.15. The summed E-state index contributed by atoms with van der Waals surface area (Å²) in [5.74, 6) is -1.89. The predicted molar refractivity (Wildman–Crippen MR) is 52.3 cm³/mol. The molecular weight excluding hydrogens is 265 g/mol. The first-order chi connectivity index (χ1) is 5.52. The topological polar surface area (TPSA) is 49.9 Å². The average molecular weight is 271 g/mol. The Balaban J connectivity index is 0.00000144. The monoisotopic (exact) mass is 270 g/mol. The third-order valence-corrected chi connectivity index (χ3v) is 2.05. The van der Waals surface area contributed by atoms with Crippen LogP contribution in [0.1, 0.15) is 5.56 Å². The molecule has 1 aromatic rings. The molecule has 13 heavy (non-hydrogen) atoms. The van der Waals surface area contributed by atoms with E-state index in [0.717, 1.165) is 12.1 Å². The first-order valence-electron chi connectivity index (χ1n) is 3.01. The lowest BCUT2D eigenvalue weighted by Gasteiger charge is -2.00. The van der Waals surface area contributed by atoms with Crippen molar-refractivity contribution in [3.8, 4) is 0 Å². The molecule has 0 aromatic heterocycles. The number of halogens is 4. The Morgan fingerprint density at radius 2 is 1.69 bits per heavy atom. The maximum atomic E-state index is 12.8. The number of hydrogen-bond donors (Lipinski definition) is 2. The summed E-state index contributed by atoms with van der Waals surface area (Å²) in [7, 11) is 0. The van der Waals surface area contributed by atoms with Crippen molar-refractivity contribution in [2.24, 2.45) is 5.73 Å². The Labute approximate surface area is 88.2 Å². The molecule has 72 valence electrons. The minimum absolute atomic E-state index is 0. The minimum Gasteiger partial charge on any atom is -0.384 e. The van der Waals surface area contributed by atoms with Gasteiger partial charge in [0.2, 0.25) is 0 Å². The van der Waals surface area contributed by atoms with Crippen LogP contribution in [-0.4, -0.2) is 5.84 Å². The van der Waals surface area contributed by atoms with Gasteiger partial charge in [0.05, 0.1) is 4.47 Å². The molecule has 0 aliphatic rings. The van der Waals surface area contributed by atoms with Crippen LogP contribution in [0.15, 0.2) is 16.6 Å². The van der Waals surface area contributed by atoms with Gasteiger partial charge in [0.25, 0.3) is 0 Å². The fourth-order valence-corrected chi connectivity index (χ4v) is 0.940. The Morgan fingerprint density at radius 1 is 1.31 bits per heavy atom. The Bertz CT molecular complexity index is 320. The van der Waals surface area contributed by atoms with Crippen LogP contribution in [0.25, 0.3) is 0 Å². The molecule has 3 N–H and O–H groups in total. The highest BCUT2D eigenvalue weighted by Gasteiger charge is 2.08. The number of nitrogen functional groups attached to an aromatic ring is 1. The second kappa shape index (κ2) is 4.53. The number of benzene rings is 1. The highest BCUT2D eigenvalue weighted by molar-refractivity contribution is 9.10.